The summed E-state index contributed by atoms with van der Waals surface area (Å²) in [6.07, 6.45) is 1.63. The van der Waals surface area contributed by atoms with Crippen molar-refractivity contribution in [2.45, 2.75) is 0 Å². The Morgan fingerprint density at radius 2 is 1.66 bits per heavy atom. The lowest BCUT2D eigenvalue weighted by Crippen LogP contribution is -1.91. The van der Waals surface area contributed by atoms with Gasteiger partial charge in [-0.3, -0.25) is 5.43 Å². The first-order chi connectivity index (χ1) is 14.2. The number of nitrogens with one attached hydrogen (secondary N) is 1. The molecule has 0 saturated heterocycles. The summed E-state index contributed by atoms with van der Waals surface area (Å²) in [5, 5.41) is 14.8. The third-order valence-electron chi connectivity index (χ3n) is 4.29. The number of hydrogen-bond donors (Lipinski definition) is 2. The van der Waals surface area contributed by atoms with Crippen molar-refractivity contribution in [3.8, 4) is 33.2 Å². The number of aromatic nitrogens is 1. The fraction of sp³-hybridized carbons (Fsp3) is 0.0435. The van der Waals surface area contributed by atoms with Gasteiger partial charge in [0.25, 0.3) is 0 Å². The standard InChI is InChI=1S/C23H19N3O2S/c1-28-20-13-12-16(14-19(20)27)15-24-26-23-25-21(17-8-4-2-5-9-17)22(29-23)18-10-6-3-7-11-18/h2-15,27H,1H3,(H,25,26). The smallest absolute Gasteiger partial charge is 0.204 e. The predicted molar refractivity (Wildman–Crippen MR) is 119 cm³/mol. The van der Waals surface area contributed by atoms with Crippen molar-refractivity contribution in [1.29, 1.82) is 0 Å². The van der Waals surface area contributed by atoms with E-state index in [-0.39, 0.29) is 5.75 Å². The van der Waals surface area contributed by atoms with E-state index in [1.807, 2.05) is 42.5 Å². The van der Waals surface area contributed by atoms with Crippen molar-refractivity contribution in [3.05, 3.63) is 84.4 Å². The van der Waals surface area contributed by atoms with E-state index in [0.29, 0.717) is 10.9 Å². The summed E-state index contributed by atoms with van der Waals surface area (Å²) in [4.78, 5) is 5.84. The van der Waals surface area contributed by atoms with Gasteiger partial charge in [-0.05, 0) is 29.3 Å². The SMILES string of the molecule is COc1ccc(C=NNc2nc(-c3ccccc3)c(-c3ccccc3)s2)cc1O. The zero-order chi connectivity index (χ0) is 20.1. The molecule has 1 heterocycles. The summed E-state index contributed by atoms with van der Waals surface area (Å²) in [5.74, 6) is 0.499. The number of nitrogens with zero attached hydrogens (tertiary/aromatic N) is 2. The molecule has 0 amide bonds. The van der Waals surface area contributed by atoms with Gasteiger partial charge in [-0.15, -0.1) is 0 Å². The van der Waals surface area contributed by atoms with Crippen LogP contribution < -0.4 is 10.2 Å². The molecule has 3 aromatic carbocycles. The summed E-state index contributed by atoms with van der Waals surface area (Å²) < 4.78 is 5.06. The molecule has 1 aromatic heterocycles. The van der Waals surface area contributed by atoms with Gasteiger partial charge in [0.1, 0.15) is 0 Å². The van der Waals surface area contributed by atoms with Crippen LogP contribution in [0.3, 0.4) is 0 Å². The summed E-state index contributed by atoms with van der Waals surface area (Å²) in [6.45, 7) is 0. The second-order valence-corrected chi connectivity index (χ2v) is 7.23. The highest BCUT2D eigenvalue weighted by atomic mass is 32.1. The molecular formula is C23H19N3O2S. The zero-order valence-electron chi connectivity index (χ0n) is 15.7. The van der Waals surface area contributed by atoms with E-state index in [1.54, 1.807) is 29.7 Å². The zero-order valence-corrected chi connectivity index (χ0v) is 16.6. The van der Waals surface area contributed by atoms with E-state index < -0.39 is 0 Å². The second-order valence-electron chi connectivity index (χ2n) is 6.23. The largest absolute Gasteiger partial charge is 0.504 e. The van der Waals surface area contributed by atoms with Crippen LogP contribution in [0.25, 0.3) is 21.7 Å². The average Bonchev–Trinajstić information content (AvgIpc) is 3.19. The van der Waals surface area contributed by atoms with E-state index in [9.17, 15) is 5.11 Å². The summed E-state index contributed by atoms with van der Waals surface area (Å²) in [6, 6.07) is 25.4. The molecule has 0 unspecified atom stereocenters. The molecule has 4 rings (SSSR count). The highest BCUT2D eigenvalue weighted by molar-refractivity contribution is 7.19. The second kappa shape index (κ2) is 8.58. The molecule has 0 aliphatic heterocycles. The molecule has 0 fully saturated rings. The Morgan fingerprint density at radius 3 is 2.31 bits per heavy atom. The van der Waals surface area contributed by atoms with E-state index in [4.69, 9.17) is 9.72 Å². The molecule has 0 atom stereocenters. The number of benzene rings is 3. The minimum atomic E-state index is 0.0726. The Labute approximate surface area is 173 Å². The molecule has 4 aromatic rings. The number of ether oxygens (including phenoxy) is 1. The van der Waals surface area contributed by atoms with Crippen molar-refractivity contribution in [3.63, 3.8) is 0 Å². The van der Waals surface area contributed by atoms with Crippen LogP contribution in [0.15, 0.2) is 84.0 Å². The lowest BCUT2D eigenvalue weighted by Gasteiger charge is -2.02. The van der Waals surface area contributed by atoms with Crippen LogP contribution in [0, 0.1) is 0 Å². The molecule has 0 saturated carbocycles. The number of phenolic OH excluding ortho intramolecular Hbond substituents is 1. The molecule has 0 radical (unpaired) electrons. The van der Waals surface area contributed by atoms with Gasteiger partial charge in [0.15, 0.2) is 11.5 Å². The van der Waals surface area contributed by atoms with Gasteiger partial charge in [0, 0.05) is 5.56 Å². The van der Waals surface area contributed by atoms with Gasteiger partial charge >= 0.3 is 0 Å². The molecule has 0 aliphatic rings. The maximum Gasteiger partial charge on any atom is 0.204 e. The molecule has 6 heteroatoms. The number of rotatable bonds is 6. The number of hydrazone groups is 1. The normalized spacial score (nSPS) is 10.9. The quantitative estimate of drug-likeness (QED) is 0.324. The van der Waals surface area contributed by atoms with E-state index in [1.165, 1.54) is 7.11 Å². The fourth-order valence-corrected chi connectivity index (χ4v) is 3.84. The van der Waals surface area contributed by atoms with Gasteiger partial charge in [-0.1, -0.05) is 72.0 Å². The van der Waals surface area contributed by atoms with Gasteiger partial charge in [0.2, 0.25) is 5.13 Å². The van der Waals surface area contributed by atoms with Gasteiger partial charge in [0.05, 0.1) is 23.9 Å². The van der Waals surface area contributed by atoms with Crippen molar-refractivity contribution < 1.29 is 9.84 Å². The number of methoxy groups -OCH3 is 1. The summed E-state index contributed by atoms with van der Waals surface area (Å²) in [5.41, 5.74) is 6.84. The van der Waals surface area contributed by atoms with Crippen molar-refractivity contribution in [1.82, 2.24) is 4.98 Å². The Bertz CT molecular complexity index is 1070. The number of hydrogen-bond acceptors (Lipinski definition) is 6. The Morgan fingerprint density at radius 1 is 0.966 bits per heavy atom. The third kappa shape index (κ3) is 4.28. The van der Waals surface area contributed by atoms with Crippen molar-refractivity contribution in [2.24, 2.45) is 5.10 Å². The number of phenols is 1. The predicted octanol–water partition coefficient (Wildman–Crippen LogP) is 5.64. The molecule has 29 heavy (non-hydrogen) atoms. The van der Waals surface area contributed by atoms with Crippen LogP contribution in [0.5, 0.6) is 11.5 Å². The highest BCUT2D eigenvalue weighted by Crippen LogP contribution is 2.38. The topological polar surface area (TPSA) is 66.7 Å². The first-order valence-corrected chi connectivity index (χ1v) is 9.84. The van der Waals surface area contributed by atoms with E-state index in [2.05, 4.69) is 34.8 Å². The highest BCUT2D eigenvalue weighted by Gasteiger charge is 2.14. The van der Waals surface area contributed by atoms with Crippen LogP contribution in [0.4, 0.5) is 5.13 Å². The maximum absolute atomic E-state index is 9.88. The number of aromatic hydroxyl groups is 1. The van der Waals surface area contributed by atoms with Gasteiger partial charge in [-0.25, -0.2) is 4.98 Å². The first-order valence-electron chi connectivity index (χ1n) is 9.02. The van der Waals surface area contributed by atoms with Crippen molar-refractivity contribution in [2.75, 3.05) is 12.5 Å². The third-order valence-corrected chi connectivity index (χ3v) is 5.30. The van der Waals surface area contributed by atoms with Crippen LogP contribution >= 0.6 is 11.3 Å². The van der Waals surface area contributed by atoms with E-state index >= 15 is 0 Å². The lowest BCUT2D eigenvalue weighted by atomic mass is 10.1. The van der Waals surface area contributed by atoms with Crippen LogP contribution in [0.2, 0.25) is 0 Å². The number of anilines is 1. The maximum atomic E-state index is 9.88. The molecule has 5 nitrogen and oxygen atoms in total. The molecule has 2 N–H and O–H groups in total. The van der Waals surface area contributed by atoms with Crippen LogP contribution in [-0.2, 0) is 0 Å². The lowest BCUT2D eigenvalue weighted by molar-refractivity contribution is 0.373. The Balaban J connectivity index is 1.61. The van der Waals surface area contributed by atoms with Crippen molar-refractivity contribution >= 4 is 22.7 Å². The van der Waals surface area contributed by atoms with E-state index in [0.717, 1.165) is 27.3 Å². The fourth-order valence-electron chi connectivity index (χ4n) is 2.89. The molecule has 0 aliphatic carbocycles. The molecular weight excluding hydrogens is 382 g/mol. The first kappa shape index (κ1) is 18.7. The Kier molecular flexibility index (Phi) is 5.54. The molecule has 0 bridgehead atoms. The number of thiazole rings is 1. The molecule has 0 spiro atoms. The van der Waals surface area contributed by atoms with Gasteiger partial charge < -0.3 is 9.84 Å². The summed E-state index contributed by atoms with van der Waals surface area (Å²) in [7, 11) is 1.52. The Hall–Kier alpha value is -3.64. The average molecular weight is 401 g/mol. The minimum Gasteiger partial charge on any atom is -0.504 e. The van der Waals surface area contributed by atoms with Crippen LogP contribution in [0.1, 0.15) is 5.56 Å². The van der Waals surface area contributed by atoms with Gasteiger partial charge in [-0.2, -0.15) is 5.10 Å². The summed E-state index contributed by atoms with van der Waals surface area (Å²) >= 11 is 1.55. The monoisotopic (exact) mass is 401 g/mol. The van der Waals surface area contributed by atoms with Crippen LogP contribution in [-0.4, -0.2) is 23.4 Å². The molecule has 144 valence electrons. The minimum absolute atomic E-state index is 0.0726.